The van der Waals surface area contributed by atoms with E-state index in [1.807, 2.05) is 6.92 Å². The molecule has 0 saturated heterocycles. The van der Waals surface area contributed by atoms with Gasteiger partial charge in [-0.1, -0.05) is 11.8 Å². The van der Waals surface area contributed by atoms with Crippen molar-refractivity contribution in [1.29, 1.82) is 0 Å². The van der Waals surface area contributed by atoms with Crippen LogP contribution < -0.4 is 16.8 Å². The monoisotopic (exact) mass is 264 g/mol. The molecule has 2 aromatic heterocycles. The van der Waals surface area contributed by atoms with Gasteiger partial charge in [-0.15, -0.1) is 0 Å². The Morgan fingerprint density at radius 2 is 2.33 bits per heavy atom. The minimum Gasteiger partial charge on any atom is -0.308 e. The fourth-order valence-electron chi connectivity index (χ4n) is 1.33. The van der Waals surface area contributed by atoms with Gasteiger partial charge in [-0.3, -0.25) is 4.79 Å². The fraction of sp³-hybridized carbons (Fsp3) is 0.200. The predicted molar refractivity (Wildman–Crippen MR) is 69.0 cm³/mol. The second-order valence-electron chi connectivity index (χ2n) is 3.48. The van der Waals surface area contributed by atoms with Crippen LogP contribution in [0.15, 0.2) is 28.3 Å². The predicted octanol–water partition coefficient (Wildman–Crippen LogP) is 0.446. The quantitative estimate of drug-likeness (QED) is 0.318. The zero-order valence-corrected chi connectivity index (χ0v) is 10.5. The maximum Gasteiger partial charge on any atom is 0.251 e. The average Bonchev–Trinajstić information content (AvgIpc) is 2.36. The Labute approximate surface area is 107 Å². The van der Waals surface area contributed by atoms with Crippen LogP contribution >= 0.6 is 11.8 Å². The van der Waals surface area contributed by atoms with Gasteiger partial charge in [0.05, 0.1) is 5.75 Å². The minimum atomic E-state index is -0.179. The van der Waals surface area contributed by atoms with Gasteiger partial charge in [0.25, 0.3) is 5.56 Å². The highest BCUT2D eigenvalue weighted by molar-refractivity contribution is 7.98. The van der Waals surface area contributed by atoms with E-state index in [1.165, 1.54) is 24.0 Å². The average molecular weight is 264 g/mol. The number of aromatic amines is 1. The van der Waals surface area contributed by atoms with Crippen molar-refractivity contribution in [3.8, 4) is 0 Å². The zero-order chi connectivity index (χ0) is 13.0. The van der Waals surface area contributed by atoms with Gasteiger partial charge in [-0.25, -0.2) is 20.8 Å². The van der Waals surface area contributed by atoms with Gasteiger partial charge >= 0.3 is 0 Å². The number of rotatable bonds is 4. The number of thioether (sulfide) groups is 1. The van der Waals surface area contributed by atoms with E-state index in [2.05, 4.69) is 25.4 Å². The first-order valence-electron chi connectivity index (χ1n) is 5.16. The summed E-state index contributed by atoms with van der Waals surface area (Å²) in [5, 5.41) is 0.537. The third-order valence-corrected chi connectivity index (χ3v) is 2.92. The van der Waals surface area contributed by atoms with E-state index in [0.717, 1.165) is 5.69 Å². The molecule has 0 spiro atoms. The number of hydrogen-bond donors (Lipinski definition) is 3. The molecular formula is C10H12N6OS. The number of nitrogens with two attached hydrogens (primary N) is 1. The Kier molecular flexibility index (Phi) is 3.90. The molecule has 0 amide bonds. The Morgan fingerprint density at radius 3 is 3.06 bits per heavy atom. The molecule has 0 radical (unpaired) electrons. The number of hydrazine groups is 1. The molecule has 7 nitrogen and oxygen atoms in total. The zero-order valence-electron chi connectivity index (χ0n) is 9.67. The van der Waals surface area contributed by atoms with Crippen molar-refractivity contribution >= 4 is 17.6 Å². The Bertz CT molecular complexity index is 599. The van der Waals surface area contributed by atoms with Crippen LogP contribution in [0.2, 0.25) is 0 Å². The highest BCUT2D eigenvalue weighted by Crippen LogP contribution is 2.16. The highest BCUT2D eigenvalue weighted by Gasteiger charge is 2.03. The molecule has 8 heteroatoms. The lowest BCUT2D eigenvalue weighted by molar-refractivity contribution is 0.928. The van der Waals surface area contributed by atoms with Crippen LogP contribution in [-0.4, -0.2) is 19.9 Å². The topological polar surface area (TPSA) is 110 Å². The van der Waals surface area contributed by atoms with Crippen LogP contribution in [0.5, 0.6) is 0 Å². The van der Waals surface area contributed by atoms with Crippen molar-refractivity contribution < 1.29 is 0 Å². The number of aryl methyl sites for hydroxylation is 1. The first-order valence-corrected chi connectivity index (χ1v) is 6.15. The van der Waals surface area contributed by atoms with Crippen molar-refractivity contribution in [2.45, 2.75) is 17.8 Å². The first kappa shape index (κ1) is 12.5. The van der Waals surface area contributed by atoms with E-state index in [1.54, 1.807) is 6.07 Å². The van der Waals surface area contributed by atoms with Gasteiger partial charge in [0.15, 0.2) is 5.16 Å². The minimum absolute atomic E-state index is 0.179. The van der Waals surface area contributed by atoms with Crippen molar-refractivity contribution in [1.82, 2.24) is 19.9 Å². The normalized spacial score (nSPS) is 10.3. The van der Waals surface area contributed by atoms with E-state index in [4.69, 9.17) is 5.84 Å². The van der Waals surface area contributed by atoms with Gasteiger partial charge in [-0.05, 0) is 6.92 Å². The molecule has 94 valence electrons. The summed E-state index contributed by atoms with van der Waals surface area (Å²) < 4.78 is 0. The smallest absolute Gasteiger partial charge is 0.251 e. The maximum atomic E-state index is 11.1. The van der Waals surface area contributed by atoms with Crippen molar-refractivity contribution in [2.75, 3.05) is 5.43 Å². The van der Waals surface area contributed by atoms with Crippen LogP contribution in [0.4, 0.5) is 5.82 Å². The summed E-state index contributed by atoms with van der Waals surface area (Å²) in [6.45, 7) is 1.86. The van der Waals surface area contributed by atoms with Crippen LogP contribution in [0.25, 0.3) is 0 Å². The summed E-state index contributed by atoms with van der Waals surface area (Å²) in [5.74, 6) is 7.00. The first-order chi connectivity index (χ1) is 8.67. The van der Waals surface area contributed by atoms with Crippen LogP contribution in [-0.2, 0) is 5.75 Å². The lowest BCUT2D eigenvalue weighted by atomic mass is 10.4. The number of nitrogens with zero attached hydrogens (tertiary/aromatic N) is 3. The Morgan fingerprint density at radius 1 is 1.50 bits per heavy atom. The lowest BCUT2D eigenvalue weighted by Crippen LogP contribution is -2.11. The molecule has 0 fully saturated rings. The molecular weight excluding hydrogens is 252 g/mol. The standard InChI is InChI=1S/C10H12N6OS/c1-6-4-7(16-11)14-8(13-6)5-18-10-12-3-2-9(17)15-10/h2-4H,5,11H2,1H3,(H,12,15,17)(H,13,14,16). The number of nitrogens with one attached hydrogen (secondary N) is 2. The van der Waals surface area contributed by atoms with Gasteiger partial charge in [-0.2, -0.15) is 0 Å². The van der Waals surface area contributed by atoms with Crippen molar-refractivity contribution in [2.24, 2.45) is 5.84 Å². The van der Waals surface area contributed by atoms with Gasteiger partial charge in [0.1, 0.15) is 11.6 Å². The van der Waals surface area contributed by atoms with Crippen LogP contribution in [0.3, 0.4) is 0 Å². The number of nitrogen functional groups attached to an aromatic ring is 1. The molecule has 0 bridgehead atoms. The second-order valence-corrected chi connectivity index (χ2v) is 4.45. The molecule has 0 saturated carbocycles. The molecule has 0 aliphatic heterocycles. The molecule has 2 heterocycles. The molecule has 18 heavy (non-hydrogen) atoms. The Balaban J connectivity index is 2.10. The van der Waals surface area contributed by atoms with Gasteiger partial charge in [0.2, 0.25) is 0 Å². The van der Waals surface area contributed by atoms with E-state index >= 15 is 0 Å². The molecule has 2 aromatic rings. The van der Waals surface area contributed by atoms with Crippen LogP contribution in [0.1, 0.15) is 11.5 Å². The SMILES string of the molecule is Cc1cc(NN)nc(CSc2nccc(=O)[nH]2)n1. The molecule has 2 rings (SSSR count). The lowest BCUT2D eigenvalue weighted by Gasteiger charge is -2.04. The molecule has 0 unspecified atom stereocenters. The highest BCUT2D eigenvalue weighted by atomic mass is 32.2. The third-order valence-electron chi connectivity index (χ3n) is 2.03. The van der Waals surface area contributed by atoms with E-state index in [9.17, 15) is 4.79 Å². The third kappa shape index (κ3) is 3.28. The molecule has 0 aliphatic rings. The largest absolute Gasteiger partial charge is 0.308 e. The Hall–Kier alpha value is -1.93. The van der Waals surface area contributed by atoms with E-state index < -0.39 is 0 Å². The van der Waals surface area contributed by atoms with E-state index in [0.29, 0.717) is 22.6 Å². The fourth-order valence-corrected chi connectivity index (χ4v) is 2.03. The van der Waals surface area contributed by atoms with E-state index in [-0.39, 0.29) is 5.56 Å². The number of H-pyrrole nitrogens is 1. The maximum absolute atomic E-state index is 11.1. The number of aromatic nitrogens is 4. The summed E-state index contributed by atoms with van der Waals surface area (Å²) in [6.07, 6.45) is 1.46. The molecule has 0 aromatic carbocycles. The summed E-state index contributed by atoms with van der Waals surface area (Å²) >= 11 is 1.36. The summed E-state index contributed by atoms with van der Waals surface area (Å²) in [4.78, 5) is 26.2. The van der Waals surface area contributed by atoms with Gasteiger partial charge < -0.3 is 10.4 Å². The van der Waals surface area contributed by atoms with Gasteiger partial charge in [0, 0.05) is 24.0 Å². The van der Waals surface area contributed by atoms with Crippen LogP contribution in [0, 0.1) is 6.92 Å². The summed E-state index contributed by atoms with van der Waals surface area (Å²) in [6, 6.07) is 3.11. The summed E-state index contributed by atoms with van der Waals surface area (Å²) in [7, 11) is 0. The number of hydrogen-bond acceptors (Lipinski definition) is 7. The van der Waals surface area contributed by atoms with Crippen molar-refractivity contribution in [3.05, 3.63) is 40.2 Å². The molecule has 0 aliphatic carbocycles. The summed E-state index contributed by atoms with van der Waals surface area (Å²) in [5.41, 5.74) is 3.13. The number of anilines is 1. The second kappa shape index (κ2) is 5.61. The molecule has 0 atom stereocenters. The molecule has 4 N–H and O–H groups in total. The van der Waals surface area contributed by atoms with Crippen molar-refractivity contribution in [3.63, 3.8) is 0 Å².